The second kappa shape index (κ2) is 12.7. The zero-order valence-corrected chi connectivity index (χ0v) is 18.9. The highest BCUT2D eigenvalue weighted by molar-refractivity contribution is 5.92. The summed E-state index contributed by atoms with van der Waals surface area (Å²) in [6.07, 6.45) is 0.717. The summed E-state index contributed by atoms with van der Waals surface area (Å²) in [6.45, 7) is 6.80. The SMILES string of the molecule is CCC(C)C(N)C(=O)NCC(=O)NC(C(=O)NC(Cc1ccc(O)cc1)C(=O)O)C(C)C. The Labute approximate surface area is 187 Å². The molecule has 178 valence electrons. The summed E-state index contributed by atoms with van der Waals surface area (Å²) in [7, 11) is 0. The number of hydrogen-bond acceptors (Lipinski definition) is 6. The van der Waals surface area contributed by atoms with Gasteiger partial charge in [0.05, 0.1) is 12.6 Å². The van der Waals surface area contributed by atoms with Gasteiger partial charge in [-0.3, -0.25) is 14.4 Å². The number of nitrogens with one attached hydrogen (secondary N) is 3. The molecule has 1 aromatic rings. The van der Waals surface area contributed by atoms with E-state index in [1.807, 2.05) is 13.8 Å². The van der Waals surface area contributed by atoms with Crippen LogP contribution >= 0.6 is 0 Å². The van der Waals surface area contributed by atoms with Crippen LogP contribution in [0.5, 0.6) is 5.75 Å². The molecule has 32 heavy (non-hydrogen) atoms. The zero-order chi connectivity index (χ0) is 24.4. The van der Waals surface area contributed by atoms with Gasteiger partial charge in [-0.05, 0) is 29.5 Å². The van der Waals surface area contributed by atoms with Gasteiger partial charge in [-0.1, -0.05) is 46.2 Å². The van der Waals surface area contributed by atoms with E-state index in [9.17, 15) is 29.4 Å². The molecule has 0 aromatic heterocycles. The Morgan fingerprint density at radius 1 is 1.00 bits per heavy atom. The molecule has 0 aliphatic carbocycles. The summed E-state index contributed by atoms with van der Waals surface area (Å²) in [5, 5.41) is 26.3. The minimum absolute atomic E-state index is 0.00364. The number of phenolic OH excluding ortho intramolecular Hbond substituents is 1. The molecule has 0 aliphatic rings. The zero-order valence-electron chi connectivity index (χ0n) is 18.9. The monoisotopic (exact) mass is 450 g/mol. The van der Waals surface area contributed by atoms with Gasteiger partial charge >= 0.3 is 5.97 Å². The summed E-state index contributed by atoms with van der Waals surface area (Å²) in [4.78, 5) is 48.7. The van der Waals surface area contributed by atoms with E-state index in [0.29, 0.717) is 12.0 Å². The number of carboxylic acids is 1. The number of hydrogen-bond donors (Lipinski definition) is 6. The molecule has 0 saturated heterocycles. The lowest BCUT2D eigenvalue weighted by molar-refractivity contribution is -0.142. The van der Waals surface area contributed by atoms with Crippen molar-refractivity contribution in [3.05, 3.63) is 29.8 Å². The van der Waals surface area contributed by atoms with E-state index in [4.69, 9.17) is 5.73 Å². The van der Waals surface area contributed by atoms with Crippen LogP contribution in [0.15, 0.2) is 24.3 Å². The Balaban J connectivity index is 2.72. The van der Waals surface area contributed by atoms with E-state index in [1.54, 1.807) is 26.0 Å². The van der Waals surface area contributed by atoms with Crippen molar-refractivity contribution >= 4 is 23.7 Å². The third kappa shape index (κ3) is 8.54. The average Bonchev–Trinajstić information content (AvgIpc) is 2.75. The van der Waals surface area contributed by atoms with Gasteiger partial charge in [0, 0.05) is 6.42 Å². The molecule has 1 aromatic carbocycles. The van der Waals surface area contributed by atoms with Crippen LogP contribution in [0.4, 0.5) is 0 Å². The number of aromatic hydroxyl groups is 1. The van der Waals surface area contributed by atoms with Crippen molar-refractivity contribution in [1.82, 2.24) is 16.0 Å². The van der Waals surface area contributed by atoms with Crippen LogP contribution in [-0.4, -0.2) is 58.6 Å². The molecule has 0 bridgehead atoms. The smallest absolute Gasteiger partial charge is 0.326 e. The van der Waals surface area contributed by atoms with Crippen LogP contribution in [0, 0.1) is 11.8 Å². The maximum atomic E-state index is 12.7. The van der Waals surface area contributed by atoms with Gasteiger partial charge in [0.2, 0.25) is 17.7 Å². The Bertz CT molecular complexity index is 796. The van der Waals surface area contributed by atoms with Crippen LogP contribution in [0.2, 0.25) is 0 Å². The van der Waals surface area contributed by atoms with E-state index < -0.39 is 41.8 Å². The Hall–Kier alpha value is -3.14. The number of rotatable bonds is 12. The molecule has 0 heterocycles. The molecule has 0 aliphatic heterocycles. The molecule has 7 N–H and O–H groups in total. The quantitative estimate of drug-likeness (QED) is 0.263. The van der Waals surface area contributed by atoms with Gasteiger partial charge in [-0.2, -0.15) is 0 Å². The fraction of sp³-hybridized carbons (Fsp3) is 0.545. The Kier molecular flexibility index (Phi) is 10.6. The molecule has 10 heteroatoms. The predicted octanol–water partition coefficient (Wildman–Crippen LogP) is 0.135. The third-order valence-corrected chi connectivity index (χ3v) is 5.24. The first kappa shape index (κ1) is 26.9. The molecular weight excluding hydrogens is 416 g/mol. The topological polar surface area (TPSA) is 171 Å². The predicted molar refractivity (Wildman–Crippen MR) is 119 cm³/mol. The molecule has 10 nitrogen and oxygen atoms in total. The first-order valence-electron chi connectivity index (χ1n) is 10.6. The average molecular weight is 451 g/mol. The number of benzene rings is 1. The molecular formula is C22H34N4O6. The summed E-state index contributed by atoms with van der Waals surface area (Å²) in [5.74, 6) is -3.26. The fourth-order valence-electron chi connectivity index (χ4n) is 2.89. The van der Waals surface area contributed by atoms with Crippen molar-refractivity contribution in [2.24, 2.45) is 17.6 Å². The van der Waals surface area contributed by atoms with Crippen LogP contribution in [0.3, 0.4) is 0 Å². The van der Waals surface area contributed by atoms with Crippen molar-refractivity contribution in [3.63, 3.8) is 0 Å². The first-order chi connectivity index (χ1) is 15.0. The lowest BCUT2D eigenvalue weighted by Gasteiger charge is -2.24. The lowest BCUT2D eigenvalue weighted by atomic mass is 9.99. The maximum absolute atomic E-state index is 12.7. The van der Waals surface area contributed by atoms with E-state index >= 15 is 0 Å². The lowest BCUT2D eigenvalue weighted by Crippen LogP contribution is -2.56. The number of phenols is 1. The number of amides is 3. The molecule has 0 saturated carbocycles. The van der Waals surface area contributed by atoms with E-state index in [1.165, 1.54) is 12.1 Å². The number of nitrogens with two attached hydrogens (primary N) is 1. The molecule has 1 rings (SSSR count). The maximum Gasteiger partial charge on any atom is 0.326 e. The van der Waals surface area contributed by atoms with Gasteiger partial charge in [-0.15, -0.1) is 0 Å². The van der Waals surface area contributed by atoms with E-state index in [0.717, 1.165) is 0 Å². The molecule has 0 radical (unpaired) electrons. The molecule has 4 unspecified atom stereocenters. The molecule has 0 fully saturated rings. The molecule has 0 spiro atoms. The van der Waals surface area contributed by atoms with Crippen molar-refractivity contribution in [2.45, 2.75) is 58.7 Å². The number of carbonyl (C=O) groups is 4. The highest BCUT2D eigenvalue weighted by Crippen LogP contribution is 2.12. The second-order valence-corrected chi connectivity index (χ2v) is 8.19. The molecule has 4 atom stereocenters. The first-order valence-corrected chi connectivity index (χ1v) is 10.6. The summed E-state index contributed by atoms with van der Waals surface area (Å²) in [6, 6.07) is 3.01. The third-order valence-electron chi connectivity index (χ3n) is 5.24. The minimum Gasteiger partial charge on any atom is -0.508 e. The molecule has 3 amide bonds. The largest absolute Gasteiger partial charge is 0.508 e. The van der Waals surface area contributed by atoms with E-state index in [2.05, 4.69) is 16.0 Å². The van der Waals surface area contributed by atoms with Crippen LogP contribution in [-0.2, 0) is 25.6 Å². The van der Waals surface area contributed by atoms with Gasteiger partial charge in [0.1, 0.15) is 17.8 Å². The standard InChI is InChI=1S/C22H34N4O6/c1-5-13(4)18(23)20(29)24-11-17(28)26-19(12(2)3)21(30)25-16(22(31)32)10-14-6-8-15(27)9-7-14/h6-9,12-13,16,18-19,27H,5,10-11,23H2,1-4H3,(H,24,29)(H,25,30)(H,26,28)(H,31,32). The van der Waals surface area contributed by atoms with E-state index in [-0.39, 0.29) is 30.6 Å². The Morgan fingerprint density at radius 2 is 1.59 bits per heavy atom. The van der Waals surface area contributed by atoms with Gasteiger partial charge in [-0.25, -0.2) is 4.79 Å². The Morgan fingerprint density at radius 3 is 2.09 bits per heavy atom. The second-order valence-electron chi connectivity index (χ2n) is 8.19. The number of carbonyl (C=O) groups excluding carboxylic acids is 3. The van der Waals surface area contributed by atoms with Crippen LogP contribution < -0.4 is 21.7 Å². The fourth-order valence-corrected chi connectivity index (χ4v) is 2.89. The van der Waals surface area contributed by atoms with Crippen molar-refractivity contribution in [2.75, 3.05) is 6.54 Å². The number of aliphatic carboxylic acids is 1. The van der Waals surface area contributed by atoms with Crippen LogP contribution in [0.1, 0.15) is 39.7 Å². The van der Waals surface area contributed by atoms with Crippen molar-refractivity contribution < 1.29 is 29.4 Å². The highest BCUT2D eigenvalue weighted by Gasteiger charge is 2.29. The van der Waals surface area contributed by atoms with Crippen molar-refractivity contribution in [3.8, 4) is 5.75 Å². The van der Waals surface area contributed by atoms with Gasteiger partial charge in [0.25, 0.3) is 0 Å². The van der Waals surface area contributed by atoms with Gasteiger partial charge in [0.15, 0.2) is 0 Å². The summed E-state index contributed by atoms with van der Waals surface area (Å²) in [5.41, 5.74) is 6.44. The number of carboxylic acid groups (broad SMARTS) is 1. The van der Waals surface area contributed by atoms with Crippen molar-refractivity contribution in [1.29, 1.82) is 0 Å². The van der Waals surface area contributed by atoms with Crippen LogP contribution in [0.25, 0.3) is 0 Å². The highest BCUT2D eigenvalue weighted by atomic mass is 16.4. The minimum atomic E-state index is -1.23. The summed E-state index contributed by atoms with van der Waals surface area (Å²) < 4.78 is 0. The summed E-state index contributed by atoms with van der Waals surface area (Å²) >= 11 is 0. The van der Waals surface area contributed by atoms with Gasteiger partial charge < -0.3 is 31.9 Å². The normalized spacial score (nSPS) is 14.7.